The van der Waals surface area contributed by atoms with Crippen LogP contribution >= 0.6 is 11.6 Å². The zero-order valence-corrected chi connectivity index (χ0v) is 9.54. The number of nitrogens with two attached hydrogens (primary N) is 1. The van der Waals surface area contributed by atoms with Crippen molar-refractivity contribution in [3.05, 3.63) is 59.1 Å². The van der Waals surface area contributed by atoms with E-state index in [0.29, 0.717) is 6.54 Å². The fourth-order valence-electron chi connectivity index (χ4n) is 1.44. The molecule has 0 amide bonds. The lowest BCUT2D eigenvalue weighted by Gasteiger charge is -2.08. The van der Waals surface area contributed by atoms with Crippen molar-refractivity contribution in [1.29, 1.82) is 0 Å². The smallest absolute Gasteiger partial charge is 0.0455 e. The molecule has 2 nitrogen and oxygen atoms in total. The van der Waals surface area contributed by atoms with Crippen LogP contribution in [-0.4, -0.2) is 0 Å². The minimum atomic E-state index is 0.712. The standard InChI is InChI=1S/C13H13ClN2/c14-13-4-2-1-3-10(13)9-16-12-7-5-11(15)6-8-12/h1-8,16H,9,15H2. The largest absolute Gasteiger partial charge is 0.399 e. The van der Waals surface area contributed by atoms with Crippen LogP contribution in [0.4, 0.5) is 11.4 Å². The lowest BCUT2D eigenvalue weighted by atomic mass is 10.2. The fourth-order valence-corrected chi connectivity index (χ4v) is 1.64. The molecule has 82 valence electrons. The van der Waals surface area contributed by atoms with E-state index in [9.17, 15) is 0 Å². The lowest BCUT2D eigenvalue weighted by Crippen LogP contribution is -1.99. The Hall–Kier alpha value is -1.67. The van der Waals surface area contributed by atoms with Gasteiger partial charge in [-0.1, -0.05) is 29.8 Å². The van der Waals surface area contributed by atoms with E-state index in [0.717, 1.165) is 22.0 Å². The van der Waals surface area contributed by atoms with Crippen molar-refractivity contribution in [2.24, 2.45) is 0 Å². The molecule has 2 aromatic rings. The van der Waals surface area contributed by atoms with Crippen molar-refractivity contribution in [1.82, 2.24) is 0 Å². The Labute approximate surface area is 100 Å². The molecular formula is C13H13ClN2. The van der Waals surface area contributed by atoms with E-state index in [4.69, 9.17) is 17.3 Å². The first-order valence-corrected chi connectivity index (χ1v) is 5.46. The van der Waals surface area contributed by atoms with E-state index in [2.05, 4.69) is 5.32 Å². The Kier molecular flexibility index (Phi) is 3.32. The van der Waals surface area contributed by atoms with Crippen LogP contribution in [0.1, 0.15) is 5.56 Å². The summed E-state index contributed by atoms with van der Waals surface area (Å²) in [5, 5.41) is 4.07. The first-order chi connectivity index (χ1) is 7.75. The Morgan fingerprint density at radius 2 is 1.69 bits per heavy atom. The molecule has 0 bridgehead atoms. The van der Waals surface area contributed by atoms with Crippen LogP contribution in [0.15, 0.2) is 48.5 Å². The molecule has 0 unspecified atom stereocenters. The van der Waals surface area contributed by atoms with Gasteiger partial charge in [-0.05, 0) is 35.9 Å². The first-order valence-electron chi connectivity index (χ1n) is 5.08. The van der Waals surface area contributed by atoms with Crippen LogP contribution in [0.25, 0.3) is 0 Å². The highest BCUT2D eigenvalue weighted by molar-refractivity contribution is 6.31. The molecule has 0 spiro atoms. The predicted molar refractivity (Wildman–Crippen MR) is 69.6 cm³/mol. The average Bonchev–Trinajstić information content (AvgIpc) is 2.30. The summed E-state index contributed by atoms with van der Waals surface area (Å²) in [4.78, 5) is 0. The maximum absolute atomic E-state index is 6.06. The molecule has 0 saturated carbocycles. The van der Waals surface area contributed by atoms with Gasteiger partial charge in [0.1, 0.15) is 0 Å². The Morgan fingerprint density at radius 1 is 1.00 bits per heavy atom. The third-order valence-corrected chi connectivity index (χ3v) is 2.72. The third-order valence-electron chi connectivity index (χ3n) is 2.35. The second kappa shape index (κ2) is 4.90. The predicted octanol–water partition coefficient (Wildman–Crippen LogP) is 3.53. The van der Waals surface area contributed by atoms with Gasteiger partial charge >= 0.3 is 0 Å². The molecule has 0 aliphatic rings. The molecule has 3 N–H and O–H groups in total. The van der Waals surface area contributed by atoms with Gasteiger partial charge in [0.05, 0.1) is 0 Å². The van der Waals surface area contributed by atoms with Crippen LogP contribution < -0.4 is 11.1 Å². The van der Waals surface area contributed by atoms with Gasteiger partial charge < -0.3 is 11.1 Å². The highest BCUT2D eigenvalue weighted by Gasteiger charge is 1.98. The number of benzene rings is 2. The average molecular weight is 233 g/mol. The molecule has 0 fully saturated rings. The molecule has 0 aliphatic carbocycles. The van der Waals surface area contributed by atoms with Crippen LogP contribution in [0, 0.1) is 0 Å². The van der Waals surface area contributed by atoms with Crippen molar-refractivity contribution in [2.45, 2.75) is 6.54 Å². The summed E-state index contributed by atoms with van der Waals surface area (Å²) >= 11 is 6.06. The van der Waals surface area contributed by atoms with E-state index in [1.165, 1.54) is 0 Å². The van der Waals surface area contributed by atoms with Crippen molar-refractivity contribution in [3.63, 3.8) is 0 Å². The molecule has 0 aromatic heterocycles. The van der Waals surface area contributed by atoms with E-state index in [1.807, 2.05) is 48.5 Å². The van der Waals surface area contributed by atoms with E-state index < -0.39 is 0 Å². The van der Waals surface area contributed by atoms with Crippen LogP contribution in [0.3, 0.4) is 0 Å². The summed E-state index contributed by atoms with van der Waals surface area (Å²) in [7, 11) is 0. The molecule has 0 saturated heterocycles. The molecule has 0 atom stereocenters. The summed E-state index contributed by atoms with van der Waals surface area (Å²) in [6, 6.07) is 15.4. The quantitative estimate of drug-likeness (QED) is 0.795. The molecule has 0 heterocycles. The third kappa shape index (κ3) is 2.67. The van der Waals surface area contributed by atoms with Gasteiger partial charge in [0.15, 0.2) is 0 Å². The molecule has 0 radical (unpaired) electrons. The second-order valence-corrected chi connectivity index (χ2v) is 3.97. The zero-order chi connectivity index (χ0) is 11.4. The Balaban J connectivity index is 2.02. The van der Waals surface area contributed by atoms with Crippen LogP contribution in [-0.2, 0) is 6.54 Å². The van der Waals surface area contributed by atoms with Crippen molar-refractivity contribution < 1.29 is 0 Å². The van der Waals surface area contributed by atoms with E-state index in [-0.39, 0.29) is 0 Å². The van der Waals surface area contributed by atoms with Gasteiger partial charge in [-0.2, -0.15) is 0 Å². The molecule has 2 rings (SSSR count). The van der Waals surface area contributed by atoms with E-state index in [1.54, 1.807) is 0 Å². The van der Waals surface area contributed by atoms with Gasteiger partial charge in [0.2, 0.25) is 0 Å². The summed E-state index contributed by atoms with van der Waals surface area (Å²) in [6.07, 6.45) is 0. The monoisotopic (exact) mass is 232 g/mol. The summed E-state index contributed by atoms with van der Waals surface area (Å²) in [5.41, 5.74) is 8.50. The van der Waals surface area contributed by atoms with Crippen molar-refractivity contribution in [3.8, 4) is 0 Å². The highest BCUT2D eigenvalue weighted by atomic mass is 35.5. The Bertz CT molecular complexity index is 466. The summed E-state index contributed by atoms with van der Waals surface area (Å²) < 4.78 is 0. The van der Waals surface area contributed by atoms with Crippen LogP contribution in [0.2, 0.25) is 5.02 Å². The lowest BCUT2D eigenvalue weighted by molar-refractivity contribution is 1.15. The zero-order valence-electron chi connectivity index (χ0n) is 8.78. The second-order valence-electron chi connectivity index (χ2n) is 3.57. The Morgan fingerprint density at radius 3 is 2.38 bits per heavy atom. The molecule has 0 aliphatic heterocycles. The van der Waals surface area contributed by atoms with Crippen molar-refractivity contribution in [2.75, 3.05) is 11.1 Å². The number of rotatable bonds is 3. The fraction of sp³-hybridized carbons (Fsp3) is 0.0769. The van der Waals surface area contributed by atoms with Gasteiger partial charge in [-0.3, -0.25) is 0 Å². The summed E-state index contributed by atoms with van der Waals surface area (Å²) in [6.45, 7) is 0.712. The number of nitrogen functional groups attached to an aromatic ring is 1. The number of halogens is 1. The number of hydrogen-bond donors (Lipinski definition) is 2. The van der Waals surface area contributed by atoms with Crippen LogP contribution in [0.5, 0.6) is 0 Å². The highest BCUT2D eigenvalue weighted by Crippen LogP contribution is 2.17. The molecule has 3 heteroatoms. The molecule has 16 heavy (non-hydrogen) atoms. The number of hydrogen-bond acceptors (Lipinski definition) is 2. The number of nitrogens with one attached hydrogen (secondary N) is 1. The van der Waals surface area contributed by atoms with Gasteiger partial charge in [0, 0.05) is 22.9 Å². The minimum absolute atomic E-state index is 0.712. The molecule has 2 aromatic carbocycles. The SMILES string of the molecule is Nc1ccc(NCc2ccccc2Cl)cc1. The van der Waals surface area contributed by atoms with E-state index >= 15 is 0 Å². The topological polar surface area (TPSA) is 38.0 Å². The van der Waals surface area contributed by atoms with Gasteiger partial charge in [0.25, 0.3) is 0 Å². The van der Waals surface area contributed by atoms with Gasteiger partial charge in [-0.15, -0.1) is 0 Å². The van der Waals surface area contributed by atoms with Crippen molar-refractivity contribution >= 4 is 23.0 Å². The number of anilines is 2. The minimum Gasteiger partial charge on any atom is -0.399 e. The van der Waals surface area contributed by atoms with Gasteiger partial charge in [-0.25, -0.2) is 0 Å². The summed E-state index contributed by atoms with van der Waals surface area (Å²) in [5.74, 6) is 0. The first kappa shape index (κ1) is 10.8. The maximum atomic E-state index is 6.06. The molecular weight excluding hydrogens is 220 g/mol. The normalized spacial score (nSPS) is 10.1. The maximum Gasteiger partial charge on any atom is 0.0455 e.